The topological polar surface area (TPSA) is 29.4 Å². The zero-order valence-electron chi connectivity index (χ0n) is 6.08. The van der Waals surface area contributed by atoms with Gasteiger partial charge in [-0.15, -0.1) is 0 Å². The molecule has 11 heavy (non-hydrogen) atoms. The second kappa shape index (κ2) is 3.69. The van der Waals surface area contributed by atoms with Gasteiger partial charge in [-0.05, 0) is 18.1 Å². The summed E-state index contributed by atoms with van der Waals surface area (Å²) in [5.74, 6) is 0. The molecule has 0 fully saturated rings. The molecule has 1 aromatic carbocycles. The molecule has 0 N–H and O–H groups in total. The minimum absolute atomic E-state index is 0.378. The molecule has 2 nitrogen and oxygen atoms in total. The summed E-state index contributed by atoms with van der Waals surface area (Å²) in [5, 5.41) is 0. The molecule has 0 aliphatic heterocycles. The van der Waals surface area contributed by atoms with Crippen LogP contribution in [0.4, 0.5) is 0 Å². The fourth-order valence-corrected chi connectivity index (χ4v) is 0.829. The summed E-state index contributed by atoms with van der Waals surface area (Å²) >= 11 is 0. The van der Waals surface area contributed by atoms with Gasteiger partial charge in [0.2, 0.25) is 6.08 Å². The van der Waals surface area contributed by atoms with E-state index in [0.29, 0.717) is 6.54 Å². The third-order valence-corrected chi connectivity index (χ3v) is 1.43. The summed E-state index contributed by atoms with van der Waals surface area (Å²) in [6.45, 7) is 4.16. The molecule has 0 spiro atoms. The second-order valence-corrected chi connectivity index (χ2v) is 2.18. The van der Waals surface area contributed by atoms with Crippen LogP contribution < -0.4 is 0 Å². The summed E-state index contributed by atoms with van der Waals surface area (Å²) in [7, 11) is 0. The first kappa shape index (κ1) is 7.70. The molecule has 55 valence electrons. The molecule has 0 aromatic heterocycles. The monoisotopic (exact) mass is 146 g/mol. The van der Waals surface area contributed by atoms with Gasteiger partial charge in [0.05, 0.1) is 6.54 Å². The Morgan fingerprint density at radius 1 is 1.45 bits per heavy atom. The van der Waals surface area contributed by atoms with Crippen molar-refractivity contribution in [2.24, 2.45) is 4.99 Å². The van der Waals surface area contributed by atoms with Gasteiger partial charge in [0.15, 0.2) is 0 Å². The Bertz CT molecular complexity index is 287. The number of hydrogen-bond donors (Lipinski definition) is 0. The summed E-state index contributed by atoms with van der Waals surface area (Å²) in [4.78, 5) is 13.2. The largest absolute Gasteiger partial charge is 0.235 e. The van der Waals surface area contributed by atoms with E-state index in [0.717, 1.165) is 11.1 Å². The highest BCUT2D eigenvalue weighted by molar-refractivity contribution is 5.35. The number of rotatable bonds is 2. The van der Waals surface area contributed by atoms with Crippen LogP contribution in [0.25, 0.3) is 0 Å². The first-order valence-electron chi connectivity index (χ1n) is 3.28. The highest BCUT2D eigenvalue weighted by atomic mass is 16.1. The molecule has 0 saturated carbocycles. The molecule has 0 aliphatic carbocycles. The van der Waals surface area contributed by atoms with E-state index in [1.165, 1.54) is 6.08 Å². The molecule has 0 atom stereocenters. The van der Waals surface area contributed by atoms with Gasteiger partial charge >= 0.3 is 0 Å². The molecule has 0 amide bonds. The number of isocyanates is 1. The Kier molecular flexibility index (Phi) is 2.59. The van der Waals surface area contributed by atoms with Crippen molar-refractivity contribution in [3.05, 3.63) is 42.3 Å². The van der Waals surface area contributed by atoms with E-state index in [1.807, 2.05) is 24.3 Å². The fraction of sp³-hybridized carbons (Fsp3) is 0.111. The standard InChI is InChI=1S/C9H8NO/c1-8-4-2-3-5-9(8)6-10-7-11/h2-5H,1,6H2. The summed E-state index contributed by atoms with van der Waals surface area (Å²) in [6.07, 6.45) is 1.49. The van der Waals surface area contributed by atoms with Crippen LogP contribution in [0.2, 0.25) is 0 Å². The first-order chi connectivity index (χ1) is 5.34. The Morgan fingerprint density at radius 2 is 2.18 bits per heavy atom. The zero-order chi connectivity index (χ0) is 8.10. The van der Waals surface area contributed by atoms with E-state index in [-0.39, 0.29) is 0 Å². The van der Waals surface area contributed by atoms with Crippen molar-refractivity contribution >= 4 is 6.08 Å². The van der Waals surface area contributed by atoms with Gasteiger partial charge in [-0.1, -0.05) is 24.3 Å². The smallest absolute Gasteiger partial charge is 0.211 e. The molecular weight excluding hydrogens is 138 g/mol. The second-order valence-electron chi connectivity index (χ2n) is 2.18. The lowest BCUT2D eigenvalue weighted by molar-refractivity contribution is 0.563. The maximum absolute atomic E-state index is 9.78. The van der Waals surface area contributed by atoms with Gasteiger partial charge < -0.3 is 0 Å². The van der Waals surface area contributed by atoms with Crippen LogP contribution in [0.15, 0.2) is 29.3 Å². The van der Waals surface area contributed by atoms with E-state index in [2.05, 4.69) is 11.9 Å². The average Bonchev–Trinajstić information content (AvgIpc) is 2.03. The molecule has 0 saturated heterocycles. The Labute approximate surface area is 65.6 Å². The predicted molar refractivity (Wildman–Crippen MR) is 42.7 cm³/mol. The first-order valence-corrected chi connectivity index (χ1v) is 3.28. The quantitative estimate of drug-likeness (QED) is 0.461. The molecule has 0 heterocycles. The van der Waals surface area contributed by atoms with Crippen LogP contribution in [0.1, 0.15) is 11.1 Å². The van der Waals surface area contributed by atoms with Gasteiger partial charge in [-0.2, -0.15) is 0 Å². The summed E-state index contributed by atoms with van der Waals surface area (Å²) in [6, 6.07) is 7.57. The van der Waals surface area contributed by atoms with Crippen LogP contribution in [0.5, 0.6) is 0 Å². The Hall–Kier alpha value is -1.40. The molecule has 2 heteroatoms. The van der Waals surface area contributed by atoms with Crippen LogP contribution in [0, 0.1) is 6.92 Å². The van der Waals surface area contributed by atoms with Gasteiger partial charge in [0.1, 0.15) is 0 Å². The molecule has 0 unspecified atom stereocenters. The van der Waals surface area contributed by atoms with E-state index < -0.39 is 0 Å². The summed E-state index contributed by atoms with van der Waals surface area (Å²) in [5.41, 5.74) is 1.88. The number of aliphatic imine (C=N–C) groups is 1. The third-order valence-electron chi connectivity index (χ3n) is 1.43. The zero-order valence-corrected chi connectivity index (χ0v) is 6.08. The van der Waals surface area contributed by atoms with Gasteiger partial charge in [-0.3, -0.25) is 0 Å². The van der Waals surface area contributed by atoms with E-state index in [4.69, 9.17) is 0 Å². The van der Waals surface area contributed by atoms with Crippen molar-refractivity contribution in [3.63, 3.8) is 0 Å². The Morgan fingerprint density at radius 3 is 2.82 bits per heavy atom. The highest BCUT2D eigenvalue weighted by Gasteiger charge is 1.92. The van der Waals surface area contributed by atoms with Gasteiger partial charge in [-0.25, -0.2) is 9.79 Å². The normalized spacial score (nSPS) is 8.82. The van der Waals surface area contributed by atoms with Gasteiger partial charge in [0.25, 0.3) is 0 Å². The molecule has 1 radical (unpaired) electrons. The maximum atomic E-state index is 9.78. The van der Waals surface area contributed by atoms with Crippen molar-refractivity contribution in [2.75, 3.05) is 0 Å². The molecule has 1 rings (SSSR count). The van der Waals surface area contributed by atoms with Crippen molar-refractivity contribution < 1.29 is 4.79 Å². The number of hydrogen-bond acceptors (Lipinski definition) is 2. The molecule has 1 aromatic rings. The average molecular weight is 146 g/mol. The minimum Gasteiger partial charge on any atom is -0.211 e. The van der Waals surface area contributed by atoms with Crippen LogP contribution in [0.3, 0.4) is 0 Å². The molecule has 0 aliphatic rings. The molecule has 0 bridgehead atoms. The van der Waals surface area contributed by atoms with Crippen molar-refractivity contribution in [3.8, 4) is 0 Å². The fourth-order valence-electron chi connectivity index (χ4n) is 0.829. The SMILES string of the molecule is [CH2]c1ccccc1CN=C=O. The minimum atomic E-state index is 0.378. The number of benzene rings is 1. The maximum Gasteiger partial charge on any atom is 0.235 e. The van der Waals surface area contributed by atoms with Crippen LogP contribution in [-0.4, -0.2) is 6.08 Å². The number of nitrogens with zero attached hydrogens (tertiary/aromatic N) is 1. The van der Waals surface area contributed by atoms with Gasteiger partial charge in [0, 0.05) is 0 Å². The van der Waals surface area contributed by atoms with Crippen molar-refractivity contribution in [1.29, 1.82) is 0 Å². The van der Waals surface area contributed by atoms with Crippen molar-refractivity contribution in [2.45, 2.75) is 6.54 Å². The van der Waals surface area contributed by atoms with Crippen molar-refractivity contribution in [1.82, 2.24) is 0 Å². The number of carbonyl (C=O) groups excluding carboxylic acids is 1. The predicted octanol–water partition coefficient (Wildman–Crippen LogP) is 1.70. The van der Waals surface area contributed by atoms with Crippen LogP contribution in [-0.2, 0) is 11.3 Å². The highest BCUT2D eigenvalue weighted by Crippen LogP contribution is 2.07. The lowest BCUT2D eigenvalue weighted by Gasteiger charge is -1.98. The molecular formula is C9H8NO. The third kappa shape index (κ3) is 2.03. The Balaban J connectivity index is 2.85. The lowest BCUT2D eigenvalue weighted by atomic mass is 10.1. The van der Waals surface area contributed by atoms with E-state index in [1.54, 1.807) is 0 Å². The van der Waals surface area contributed by atoms with E-state index >= 15 is 0 Å². The van der Waals surface area contributed by atoms with E-state index in [9.17, 15) is 4.79 Å². The lowest BCUT2D eigenvalue weighted by Crippen LogP contribution is -1.84. The summed E-state index contributed by atoms with van der Waals surface area (Å²) < 4.78 is 0. The van der Waals surface area contributed by atoms with Crippen LogP contribution >= 0.6 is 0 Å².